The minimum atomic E-state index is -0.902. The summed E-state index contributed by atoms with van der Waals surface area (Å²) in [5, 5.41) is 4.42. The summed E-state index contributed by atoms with van der Waals surface area (Å²) >= 11 is 0. The molecule has 2 aliphatic carbocycles. The van der Waals surface area contributed by atoms with Crippen LogP contribution in [0.3, 0.4) is 0 Å². The Bertz CT molecular complexity index is 1500. The lowest BCUT2D eigenvalue weighted by molar-refractivity contribution is -0.150. The molecule has 8 heteroatoms. The summed E-state index contributed by atoms with van der Waals surface area (Å²) in [7, 11) is 5.27. The van der Waals surface area contributed by atoms with Gasteiger partial charge in [-0.15, -0.1) is 0 Å². The number of aromatic nitrogens is 1. The van der Waals surface area contributed by atoms with Crippen molar-refractivity contribution in [2.45, 2.75) is 70.4 Å². The fraction of sp³-hybridized carbons (Fsp3) is 0.529. The van der Waals surface area contributed by atoms with Gasteiger partial charge in [0.15, 0.2) is 0 Å². The van der Waals surface area contributed by atoms with Crippen LogP contribution in [0, 0.1) is 18.3 Å². The molecule has 2 heterocycles. The van der Waals surface area contributed by atoms with Crippen molar-refractivity contribution in [1.82, 2.24) is 14.8 Å². The number of amides is 2. The van der Waals surface area contributed by atoms with Crippen LogP contribution in [0.4, 0.5) is 5.69 Å². The van der Waals surface area contributed by atoms with Gasteiger partial charge in [0.05, 0.1) is 19.9 Å². The zero-order valence-electron chi connectivity index (χ0n) is 25.8. The summed E-state index contributed by atoms with van der Waals surface area (Å²) < 4.78 is 10.9. The third-order valence-electron chi connectivity index (χ3n) is 10.2. The molecule has 0 radical (unpaired) electrons. The molecule has 2 N–H and O–H groups in total. The Morgan fingerprint density at radius 1 is 1.07 bits per heavy atom. The van der Waals surface area contributed by atoms with Crippen molar-refractivity contribution in [3.05, 3.63) is 53.7 Å². The maximum Gasteiger partial charge on any atom is 0.250 e. The molecule has 42 heavy (non-hydrogen) atoms. The SMILES string of the molecule is COc1ccc(NC(=O)C2(N(C(=O)C[C@H]3[C@H](c4c(C)[nH]c5ccccc45)C3(C)C)C3CC3)CCN(C)CC2)c(OC)c1. The maximum atomic E-state index is 14.5. The highest BCUT2D eigenvalue weighted by atomic mass is 16.5. The van der Waals surface area contributed by atoms with E-state index >= 15 is 0 Å². The number of hydrogen-bond donors (Lipinski definition) is 2. The zero-order valence-corrected chi connectivity index (χ0v) is 25.8. The number of aromatic amines is 1. The van der Waals surface area contributed by atoms with Gasteiger partial charge in [0, 0.05) is 48.2 Å². The molecule has 2 amide bonds. The maximum absolute atomic E-state index is 14.5. The van der Waals surface area contributed by atoms with Gasteiger partial charge in [-0.3, -0.25) is 9.59 Å². The van der Waals surface area contributed by atoms with Gasteiger partial charge >= 0.3 is 0 Å². The number of aryl methyl sites for hydroxylation is 1. The molecule has 6 rings (SSSR count). The van der Waals surface area contributed by atoms with E-state index in [4.69, 9.17) is 9.47 Å². The molecule has 1 saturated heterocycles. The van der Waals surface area contributed by atoms with E-state index in [0.29, 0.717) is 42.4 Å². The van der Waals surface area contributed by atoms with E-state index in [2.05, 4.69) is 67.3 Å². The second kappa shape index (κ2) is 10.6. The number of H-pyrrole nitrogens is 1. The summed E-state index contributed by atoms with van der Waals surface area (Å²) in [4.78, 5) is 36.6. The van der Waals surface area contributed by atoms with Crippen molar-refractivity contribution in [3.8, 4) is 11.5 Å². The number of carbonyl (C=O) groups excluding carboxylic acids is 2. The Labute approximate surface area is 248 Å². The van der Waals surface area contributed by atoms with Crippen molar-refractivity contribution in [1.29, 1.82) is 0 Å². The fourth-order valence-electron chi connectivity index (χ4n) is 7.51. The predicted octanol–water partition coefficient (Wildman–Crippen LogP) is 5.72. The minimum absolute atomic E-state index is 0.000723. The summed E-state index contributed by atoms with van der Waals surface area (Å²) in [6.45, 7) is 8.23. The number of methoxy groups -OCH3 is 2. The van der Waals surface area contributed by atoms with Crippen LogP contribution in [0.15, 0.2) is 42.5 Å². The zero-order chi connectivity index (χ0) is 29.8. The van der Waals surface area contributed by atoms with Crippen molar-refractivity contribution in [3.63, 3.8) is 0 Å². The highest BCUT2D eigenvalue weighted by Crippen LogP contribution is 2.67. The van der Waals surface area contributed by atoms with E-state index in [0.717, 1.165) is 31.4 Å². The van der Waals surface area contributed by atoms with Crippen molar-refractivity contribution >= 4 is 28.4 Å². The van der Waals surface area contributed by atoms with E-state index in [-0.39, 0.29) is 29.2 Å². The molecule has 1 aromatic heterocycles. The average molecular weight is 573 g/mol. The molecule has 0 spiro atoms. The smallest absolute Gasteiger partial charge is 0.250 e. The molecule has 1 aliphatic heterocycles. The topological polar surface area (TPSA) is 86.9 Å². The van der Waals surface area contributed by atoms with E-state index in [1.54, 1.807) is 20.3 Å². The van der Waals surface area contributed by atoms with Crippen LogP contribution in [0.25, 0.3) is 10.9 Å². The third kappa shape index (κ3) is 4.83. The number of para-hydroxylation sites is 1. The molecule has 0 unspecified atom stereocenters. The van der Waals surface area contributed by atoms with Crippen LogP contribution in [0.1, 0.15) is 63.1 Å². The summed E-state index contributed by atoms with van der Waals surface area (Å²) in [5.74, 6) is 1.68. The molecule has 2 aromatic carbocycles. The van der Waals surface area contributed by atoms with Crippen molar-refractivity contribution in [2.75, 3.05) is 39.7 Å². The number of nitrogens with one attached hydrogen (secondary N) is 2. The lowest BCUT2D eigenvalue weighted by Gasteiger charge is -2.47. The molecule has 3 fully saturated rings. The Kier molecular flexibility index (Phi) is 7.24. The summed E-state index contributed by atoms with van der Waals surface area (Å²) in [6.07, 6.45) is 3.55. The van der Waals surface area contributed by atoms with Crippen molar-refractivity contribution < 1.29 is 19.1 Å². The molecule has 3 aromatic rings. The second-order valence-electron chi connectivity index (χ2n) is 13.2. The van der Waals surface area contributed by atoms with Gasteiger partial charge in [-0.05, 0) is 80.7 Å². The molecule has 0 bridgehead atoms. The number of hydrogen-bond acceptors (Lipinski definition) is 5. The first-order valence-electron chi connectivity index (χ1n) is 15.2. The van der Waals surface area contributed by atoms with Gasteiger partial charge in [0.2, 0.25) is 5.91 Å². The number of piperidine rings is 1. The highest BCUT2D eigenvalue weighted by molar-refractivity contribution is 6.02. The summed E-state index contributed by atoms with van der Waals surface area (Å²) in [6, 6.07) is 13.9. The van der Waals surface area contributed by atoms with E-state index < -0.39 is 5.54 Å². The van der Waals surface area contributed by atoms with E-state index in [1.165, 1.54) is 16.6 Å². The van der Waals surface area contributed by atoms with Gasteiger partial charge in [-0.25, -0.2) is 0 Å². The van der Waals surface area contributed by atoms with Crippen LogP contribution >= 0.6 is 0 Å². The number of nitrogens with zero attached hydrogens (tertiary/aromatic N) is 2. The summed E-state index contributed by atoms with van der Waals surface area (Å²) in [5.41, 5.74) is 3.35. The lowest BCUT2D eigenvalue weighted by atomic mass is 9.83. The second-order valence-corrected chi connectivity index (χ2v) is 13.2. The van der Waals surface area contributed by atoms with Gasteiger partial charge in [0.25, 0.3) is 5.91 Å². The van der Waals surface area contributed by atoms with Crippen molar-refractivity contribution in [2.24, 2.45) is 11.3 Å². The van der Waals surface area contributed by atoms with Crippen LogP contribution < -0.4 is 14.8 Å². The molecule has 2 atom stereocenters. The normalized spacial score (nSPS) is 22.9. The average Bonchev–Trinajstić information content (AvgIpc) is 3.86. The molecule has 224 valence electrons. The Morgan fingerprint density at radius 2 is 1.79 bits per heavy atom. The molecule has 2 saturated carbocycles. The number of likely N-dealkylation sites (tertiary alicyclic amines) is 1. The van der Waals surface area contributed by atoms with E-state index in [9.17, 15) is 9.59 Å². The number of anilines is 1. The largest absolute Gasteiger partial charge is 0.497 e. The number of rotatable bonds is 9. The van der Waals surface area contributed by atoms with E-state index in [1.807, 2.05) is 17.0 Å². The number of carbonyl (C=O) groups is 2. The van der Waals surface area contributed by atoms with Crippen LogP contribution in [0.2, 0.25) is 0 Å². The van der Waals surface area contributed by atoms with Crippen LogP contribution in [-0.4, -0.2) is 72.5 Å². The quantitative estimate of drug-likeness (QED) is 0.343. The first-order chi connectivity index (χ1) is 20.1. The van der Waals surface area contributed by atoms with Gasteiger partial charge in [-0.1, -0.05) is 32.0 Å². The first-order valence-corrected chi connectivity index (χ1v) is 15.2. The molecule has 3 aliphatic rings. The standard InChI is InChI=1S/C34H44N4O4/c1-21-30(24-9-7-8-10-26(24)35-21)31-25(33(31,2)3)20-29(39)38(22-11-12-22)34(15-17-37(4)18-16-34)32(40)36-27-14-13-23(41-5)19-28(27)42-6/h7-10,13-14,19,22,25,31,35H,11-12,15-18,20H2,1-6H3,(H,36,40)/t25-,31+/m0/s1. The van der Waals surface area contributed by atoms with Gasteiger partial charge in [0.1, 0.15) is 17.0 Å². The fourth-order valence-corrected chi connectivity index (χ4v) is 7.51. The monoisotopic (exact) mass is 572 g/mol. The molecule has 8 nitrogen and oxygen atoms in total. The Hall–Kier alpha value is -3.52. The van der Waals surface area contributed by atoms with Crippen LogP contribution in [-0.2, 0) is 9.59 Å². The third-order valence-corrected chi connectivity index (χ3v) is 10.2. The van der Waals surface area contributed by atoms with Crippen LogP contribution in [0.5, 0.6) is 11.5 Å². The molecular weight excluding hydrogens is 528 g/mol. The van der Waals surface area contributed by atoms with Gasteiger partial charge in [-0.2, -0.15) is 0 Å². The number of benzene rings is 2. The number of fused-ring (bicyclic) bond motifs is 1. The van der Waals surface area contributed by atoms with Gasteiger partial charge < -0.3 is 29.6 Å². The predicted molar refractivity (Wildman–Crippen MR) is 165 cm³/mol. The Balaban J connectivity index is 1.29. The number of ether oxygens (including phenoxy) is 2. The molecular formula is C34H44N4O4. The lowest BCUT2D eigenvalue weighted by Crippen LogP contribution is -2.64. The first kappa shape index (κ1) is 28.6. The minimum Gasteiger partial charge on any atom is -0.497 e. The highest BCUT2D eigenvalue weighted by Gasteiger charge is 2.61. The Morgan fingerprint density at radius 3 is 2.45 bits per heavy atom.